The van der Waals surface area contributed by atoms with Crippen LogP contribution in [0.1, 0.15) is 117 Å². The highest BCUT2D eigenvalue weighted by Gasteiger charge is 2.26. The van der Waals surface area contributed by atoms with Crippen LogP contribution in [0.25, 0.3) is 22.9 Å². The number of benzene rings is 4. The van der Waals surface area contributed by atoms with Gasteiger partial charge >= 0.3 is 11.9 Å². The molecule has 0 radical (unpaired) electrons. The summed E-state index contributed by atoms with van der Waals surface area (Å²) in [6, 6.07) is 26.3. The smallest absolute Gasteiger partial charge is 0.338 e. The number of aryl methyl sites for hydroxylation is 4. The van der Waals surface area contributed by atoms with E-state index in [-0.39, 0.29) is 36.0 Å². The number of methoxy groups -OCH3 is 2. The maximum absolute atomic E-state index is 12.2. The van der Waals surface area contributed by atoms with E-state index in [1.807, 2.05) is 88.4 Å². The molecule has 15 heteroatoms. The second-order valence-corrected chi connectivity index (χ2v) is 20.1. The van der Waals surface area contributed by atoms with Crippen LogP contribution in [-0.4, -0.2) is 64.4 Å². The zero-order chi connectivity index (χ0) is 49.5. The van der Waals surface area contributed by atoms with Gasteiger partial charge in [0, 0.05) is 24.9 Å². The van der Waals surface area contributed by atoms with Gasteiger partial charge in [-0.05, 0) is 150 Å². The van der Waals surface area contributed by atoms with Crippen LogP contribution >= 0.6 is 54.5 Å². The SMILES string of the molecule is COC(=O)c1c(C)cccc1COC1CCCC(Br)C1.COC(=O)c1c(C)cccc1COC1CCCC(OCc2nc(-c3ccc(O)cc3)oc2C)C1.Cc1oc(-c2ccc(Br)cc2)nc1CI. The van der Waals surface area contributed by atoms with Gasteiger partial charge in [0.15, 0.2) is 0 Å². The van der Waals surface area contributed by atoms with Crippen molar-refractivity contribution in [1.29, 1.82) is 0 Å². The van der Waals surface area contributed by atoms with Crippen molar-refractivity contribution in [3.8, 4) is 28.7 Å². The van der Waals surface area contributed by atoms with E-state index in [2.05, 4.69) is 64.4 Å². The van der Waals surface area contributed by atoms with Crippen LogP contribution in [0.4, 0.5) is 0 Å². The maximum atomic E-state index is 12.2. The number of hydrogen-bond donors (Lipinski definition) is 1. The summed E-state index contributed by atoms with van der Waals surface area (Å²) in [7, 11) is 2.81. The minimum absolute atomic E-state index is 0.0655. The number of hydrogen-bond acceptors (Lipinski definition) is 12. The molecule has 6 aromatic rings. The van der Waals surface area contributed by atoms with Crippen molar-refractivity contribution in [2.45, 2.75) is 126 Å². The van der Waals surface area contributed by atoms with E-state index in [1.165, 1.54) is 27.1 Å². The van der Waals surface area contributed by atoms with Gasteiger partial charge in [0.2, 0.25) is 11.8 Å². The van der Waals surface area contributed by atoms with E-state index in [1.54, 1.807) is 24.3 Å². The molecule has 0 bridgehead atoms. The molecule has 69 heavy (non-hydrogen) atoms. The van der Waals surface area contributed by atoms with Gasteiger partial charge in [-0.2, -0.15) is 0 Å². The predicted molar refractivity (Wildman–Crippen MR) is 281 cm³/mol. The molecule has 2 aromatic heterocycles. The van der Waals surface area contributed by atoms with Gasteiger partial charge < -0.3 is 37.6 Å². The highest BCUT2D eigenvalue weighted by molar-refractivity contribution is 14.1. The van der Waals surface area contributed by atoms with E-state index in [0.29, 0.717) is 47.6 Å². The number of halogens is 3. The molecular formula is C54H61Br2IN2O10. The quantitative estimate of drug-likeness (QED) is 0.0627. The molecule has 2 saturated carbocycles. The van der Waals surface area contributed by atoms with E-state index in [9.17, 15) is 14.7 Å². The highest BCUT2D eigenvalue weighted by atomic mass is 127. The third-order valence-electron chi connectivity index (χ3n) is 12.2. The molecule has 2 aliphatic rings. The van der Waals surface area contributed by atoms with Crippen LogP contribution in [0.5, 0.6) is 5.75 Å². The fourth-order valence-corrected chi connectivity index (χ4v) is 10.0. The molecule has 12 nitrogen and oxygen atoms in total. The first kappa shape index (κ1) is 54.0. The summed E-state index contributed by atoms with van der Waals surface area (Å²) in [6.07, 6.45) is 8.72. The summed E-state index contributed by atoms with van der Waals surface area (Å²) in [5, 5.41) is 9.48. The van der Waals surface area contributed by atoms with Crippen LogP contribution in [0, 0.1) is 27.7 Å². The van der Waals surface area contributed by atoms with E-state index in [0.717, 1.165) is 104 Å². The summed E-state index contributed by atoms with van der Waals surface area (Å²) in [5.41, 5.74) is 8.40. The second kappa shape index (κ2) is 26.7. The molecule has 0 amide bonds. The number of nitrogens with zero attached hydrogens (tertiary/aromatic N) is 2. The molecular weight excluding hydrogens is 1120 g/mol. The second-order valence-electron chi connectivity index (χ2n) is 17.2. The third-order valence-corrected chi connectivity index (χ3v) is 14.2. The van der Waals surface area contributed by atoms with Crippen molar-refractivity contribution in [3.63, 3.8) is 0 Å². The Morgan fingerprint density at radius 2 is 1.09 bits per heavy atom. The third kappa shape index (κ3) is 15.5. The molecule has 4 unspecified atom stereocenters. The van der Waals surface area contributed by atoms with Crippen molar-refractivity contribution < 1.29 is 47.2 Å². The average Bonchev–Trinajstić information content (AvgIpc) is 3.93. The Morgan fingerprint density at radius 1 is 0.638 bits per heavy atom. The van der Waals surface area contributed by atoms with Crippen LogP contribution in [-0.2, 0) is 47.9 Å². The fraction of sp³-hybridized carbons (Fsp3) is 0.407. The average molecular weight is 1180 g/mol. The molecule has 0 spiro atoms. The molecule has 8 rings (SSSR count). The molecule has 2 fully saturated rings. The molecule has 368 valence electrons. The van der Waals surface area contributed by atoms with Crippen molar-refractivity contribution >= 4 is 66.4 Å². The monoisotopic (exact) mass is 1180 g/mol. The van der Waals surface area contributed by atoms with E-state index < -0.39 is 0 Å². The summed E-state index contributed by atoms with van der Waals surface area (Å²) in [6.45, 7) is 8.85. The lowest BCUT2D eigenvalue weighted by molar-refractivity contribution is -0.0564. The number of aromatic nitrogens is 2. The Balaban J connectivity index is 0.000000188. The zero-order valence-corrected chi connectivity index (χ0v) is 45.4. The number of phenols is 1. The van der Waals surface area contributed by atoms with Crippen molar-refractivity contribution in [3.05, 3.63) is 146 Å². The van der Waals surface area contributed by atoms with Gasteiger partial charge in [0.1, 0.15) is 23.0 Å². The number of aromatic hydroxyl groups is 1. The molecule has 1 N–H and O–H groups in total. The fourth-order valence-electron chi connectivity index (χ4n) is 8.30. The van der Waals surface area contributed by atoms with Gasteiger partial charge in [-0.3, -0.25) is 0 Å². The van der Waals surface area contributed by atoms with Gasteiger partial charge in [-0.25, -0.2) is 19.6 Å². The minimum atomic E-state index is -0.337. The lowest BCUT2D eigenvalue weighted by Crippen LogP contribution is -2.28. The number of carbonyl (C=O) groups excluding carboxylic acids is 2. The number of phenolic OH excluding ortho intramolecular Hbond substituents is 1. The Labute approximate surface area is 435 Å². The molecule has 4 aromatic carbocycles. The van der Waals surface area contributed by atoms with Crippen molar-refractivity contribution in [2.24, 2.45) is 0 Å². The molecule has 0 aliphatic heterocycles. The predicted octanol–water partition coefficient (Wildman–Crippen LogP) is 13.8. The summed E-state index contributed by atoms with van der Waals surface area (Å²) < 4.78 is 41.5. The number of alkyl halides is 2. The van der Waals surface area contributed by atoms with Gasteiger partial charge in [-0.15, -0.1) is 0 Å². The van der Waals surface area contributed by atoms with Gasteiger partial charge in [0.05, 0.1) is 69.2 Å². The topological polar surface area (TPSA) is 153 Å². The van der Waals surface area contributed by atoms with Crippen LogP contribution in [0.3, 0.4) is 0 Å². The lowest BCUT2D eigenvalue weighted by atomic mass is 9.94. The van der Waals surface area contributed by atoms with Crippen LogP contribution < -0.4 is 0 Å². The van der Waals surface area contributed by atoms with Crippen molar-refractivity contribution in [2.75, 3.05) is 14.2 Å². The Bertz CT molecular complexity index is 2600. The minimum Gasteiger partial charge on any atom is -0.508 e. The Hall–Kier alpha value is -4.39. The van der Waals surface area contributed by atoms with E-state index >= 15 is 0 Å². The molecule has 0 saturated heterocycles. The zero-order valence-electron chi connectivity index (χ0n) is 40.0. The summed E-state index contributed by atoms with van der Waals surface area (Å²) >= 11 is 9.35. The number of carbonyl (C=O) groups is 2. The first-order valence-corrected chi connectivity index (χ1v) is 26.4. The lowest BCUT2D eigenvalue weighted by Gasteiger charge is -2.29. The van der Waals surface area contributed by atoms with Gasteiger partial charge in [0.25, 0.3) is 0 Å². The maximum Gasteiger partial charge on any atom is 0.338 e. The van der Waals surface area contributed by atoms with Crippen LogP contribution in [0.15, 0.2) is 98.2 Å². The number of esters is 2. The first-order chi connectivity index (χ1) is 33.3. The standard InChI is InChI=1S/C27H31NO6.C16H21BrO3.C11H9BrINO/c1-17-6-4-7-20(25(17)27(30)31-3)15-32-22-8-5-9-23(14-22)33-16-24-18(2)34-26(28-24)19-10-12-21(29)13-11-19;1-11-5-3-6-12(15(11)16(18)19-2)10-20-14-8-4-7-13(17)9-14;1-7-10(6-13)14-11(15-7)8-2-4-9(12)5-3-8/h4,6-7,10-13,22-23,29H,5,8-9,14-16H2,1-3H3;3,5-6,13-14H,4,7-10H2,1-2H3;2-5H,6H2,1H3. The number of rotatable bonds is 14. The number of ether oxygens (including phenoxy) is 5. The number of oxazole rings is 2. The normalized spacial score (nSPS) is 17.8. The molecule has 2 heterocycles. The largest absolute Gasteiger partial charge is 0.508 e. The van der Waals surface area contributed by atoms with Gasteiger partial charge in [-0.1, -0.05) is 90.8 Å². The Morgan fingerprint density at radius 3 is 1.57 bits per heavy atom. The molecule has 4 atom stereocenters. The summed E-state index contributed by atoms with van der Waals surface area (Å²) in [4.78, 5) is 33.6. The molecule has 2 aliphatic carbocycles. The van der Waals surface area contributed by atoms with E-state index in [4.69, 9.17) is 32.5 Å². The highest BCUT2D eigenvalue weighted by Crippen LogP contribution is 2.30. The van der Waals surface area contributed by atoms with Crippen molar-refractivity contribution in [1.82, 2.24) is 9.97 Å². The first-order valence-electron chi connectivity index (χ1n) is 23.1. The summed E-state index contributed by atoms with van der Waals surface area (Å²) in [5.74, 6) is 2.42. The Kier molecular flexibility index (Phi) is 20.9. The van der Waals surface area contributed by atoms with Crippen LogP contribution in [0.2, 0.25) is 0 Å².